The van der Waals surface area contributed by atoms with E-state index in [1.165, 1.54) is 5.56 Å². The van der Waals surface area contributed by atoms with Crippen LogP contribution >= 0.6 is 11.6 Å². The molecule has 0 bridgehead atoms. The number of aromatic carboxylic acids is 1. The quantitative estimate of drug-likeness (QED) is 0.888. The number of benzene rings is 1. The Kier molecular flexibility index (Phi) is 4.29. The summed E-state index contributed by atoms with van der Waals surface area (Å²) >= 11 is 5.83. The maximum Gasteiger partial charge on any atom is 0.356 e. The van der Waals surface area contributed by atoms with Gasteiger partial charge in [-0.3, -0.25) is 0 Å². The van der Waals surface area contributed by atoms with Crippen LogP contribution in [0.2, 0.25) is 5.02 Å². The molecule has 3 N–H and O–H groups in total. The van der Waals surface area contributed by atoms with Crippen LogP contribution in [0.15, 0.2) is 24.3 Å². The van der Waals surface area contributed by atoms with Crippen molar-refractivity contribution in [1.29, 1.82) is 0 Å². The number of aromatic nitrogens is 2. The topological polar surface area (TPSA) is 81.1 Å². The van der Waals surface area contributed by atoms with Crippen LogP contribution < -0.4 is 5.73 Å². The fraction of sp³-hybridized carbons (Fsp3) is 0.286. The highest BCUT2D eigenvalue weighted by molar-refractivity contribution is 6.30. The van der Waals surface area contributed by atoms with Crippen LogP contribution in [0, 0.1) is 6.92 Å². The van der Waals surface area contributed by atoms with Gasteiger partial charge in [-0.1, -0.05) is 23.7 Å². The van der Waals surface area contributed by atoms with E-state index in [1.807, 2.05) is 24.3 Å². The van der Waals surface area contributed by atoms with Crippen molar-refractivity contribution < 1.29 is 9.90 Å². The molecule has 0 saturated heterocycles. The summed E-state index contributed by atoms with van der Waals surface area (Å²) in [5.74, 6) is -0.635. The summed E-state index contributed by atoms with van der Waals surface area (Å²) in [7, 11) is 0. The molecule has 0 spiro atoms. The summed E-state index contributed by atoms with van der Waals surface area (Å²) in [5.41, 5.74) is 7.58. The van der Waals surface area contributed by atoms with E-state index in [-0.39, 0.29) is 5.69 Å². The predicted octanol–water partition coefficient (Wildman–Crippen LogP) is 2.76. The standard InChI is InChI=1S/C14H16ClN3O2/c1-9-12(14(19)20)17-18(13(9)16)8-2-3-10-4-6-11(15)7-5-10/h4-7H,2-3,8,16H2,1H3,(H,19,20). The number of aryl methyl sites for hydroxylation is 2. The number of nitrogens with two attached hydrogens (primary N) is 1. The van der Waals surface area contributed by atoms with E-state index in [0.29, 0.717) is 22.9 Å². The number of carboxylic acids is 1. The highest BCUT2D eigenvalue weighted by Gasteiger charge is 2.16. The molecule has 1 aromatic heterocycles. The Morgan fingerprint density at radius 1 is 1.40 bits per heavy atom. The lowest BCUT2D eigenvalue weighted by molar-refractivity contribution is 0.0688. The van der Waals surface area contributed by atoms with E-state index in [9.17, 15) is 4.79 Å². The van der Waals surface area contributed by atoms with Gasteiger partial charge in [0, 0.05) is 17.1 Å². The molecule has 0 radical (unpaired) electrons. The highest BCUT2D eigenvalue weighted by atomic mass is 35.5. The van der Waals surface area contributed by atoms with Gasteiger partial charge in [0.25, 0.3) is 0 Å². The molecule has 1 heterocycles. The first-order valence-electron chi connectivity index (χ1n) is 6.29. The molecule has 0 fully saturated rings. The Balaban J connectivity index is 1.99. The number of nitrogens with zero attached hydrogens (tertiary/aromatic N) is 2. The van der Waals surface area contributed by atoms with Gasteiger partial charge >= 0.3 is 5.97 Å². The van der Waals surface area contributed by atoms with Crippen molar-refractivity contribution in [3.63, 3.8) is 0 Å². The first kappa shape index (κ1) is 14.4. The normalized spacial score (nSPS) is 10.7. The second kappa shape index (κ2) is 5.96. The van der Waals surface area contributed by atoms with E-state index in [2.05, 4.69) is 5.10 Å². The van der Waals surface area contributed by atoms with Gasteiger partial charge in [0.05, 0.1) is 0 Å². The van der Waals surface area contributed by atoms with Gasteiger partial charge in [0.1, 0.15) is 5.82 Å². The largest absolute Gasteiger partial charge is 0.476 e. The monoisotopic (exact) mass is 293 g/mol. The molecule has 0 atom stereocenters. The van der Waals surface area contributed by atoms with Gasteiger partial charge in [-0.05, 0) is 37.5 Å². The molecule has 0 saturated carbocycles. The van der Waals surface area contributed by atoms with Crippen molar-refractivity contribution in [2.24, 2.45) is 0 Å². The Bertz CT molecular complexity index is 620. The second-order valence-electron chi connectivity index (χ2n) is 4.62. The first-order valence-corrected chi connectivity index (χ1v) is 6.67. The van der Waals surface area contributed by atoms with Crippen molar-refractivity contribution in [2.75, 3.05) is 5.73 Å². The molecule has 5 nitrogen and oxygen atoms in total. The van der Waals surface area contributed by atoms with Gasteiger partial charge in [-0.15, -0.1) is 0 Å². The van der Waals surface area contributed by atoms with Gasteiger partial charge in [0.2, 0.25) is 0 Å². The summed E-state index contributed by atoms with van der Waals surface area (Å²) in [4.78, 5) is 11.0. The molecule has 0 unspecified atom stereocenters. The molecule has 0 amide bonds. The van der Waals surface area contributed by atoms with Crippen LogP contribution in [-0.4, -0.2) is 20.9 Å². The van der Waals surface area contributed by atoms with Gasteiger partial charge in [0.15, 0.2) is 5.69 Å². The minimum absolute atomic E-state index is 0.0222. The Hall–Kier alpha value is -2.01. The number of halogens is 1. The average molecular weight is 294 g/mol. The molecule has 2 aromatic rings. The zero-order valence-corrected chi connectivity index (χ0v) is 11.9. The van der Waals surface area contributed by atoms with Crippen LogP contribution in [0.4, 0.5) is 5.82 Å². The number of carbonyl (C=O) groups is 1. The van der Waals surface area contributed by atoms with Crippen molar-refractivity contribution in [3.05, 3.63) is 46.1 Å². The summed E-state index contributed by atoms with van der Waals surface area (Å²) < 4.78 is 1.55. The molecule has 2 rings (SSSR count). The third-order valence-corrected chi connectivity index (χ3v) is 3.44. The number of rotatable bonds is 5. The van der Waals surface area contributed by atoms with Crippen molar-refractivity contribution >= 4 is 23.4 Å². The summed E-state index contributed by atoms with van der Waals surface area (Å²) in [6, 6.07) is 7.66. The molecule has 20 heavy (non-hydrogen) atoms. The Morgan fingerprint density at radius 3 is 2.60 bits per heavy atom. The van der Waals surface area contributed by atoms with Crippen molar-refractivity contribution in [3.8, 4) is 0 Å². The molecule has 0 aliphatic carbocycles. The average Bonchev–Trinajstić information content (AvgIpc) is 2.69. The zero-order chi connectivity index (χ0) is 14.7. The molecule has 106 valence electrons. The van der Waals surface area contributed by atoms with Crippen LogP contribution in [-0.2, 0) is 13.0 Å². The van der Waals surface area contributed by atoms with Crippen molar-refractivity contribution in [2.45, 2.75) is 26.3 Å². The minimum Gasteiger partial charge on any atom is -0.476 e. The zero-order valence-electron chi connectivity index (χ0n) is 11.1. The highest BCUT2D eigenvalue weighted by Crippen LogP contribution is 2.17. The second-order valence-corrected chi connectivity index (χ2v) is 5.05. The van der Waals surface area contributed by atoms with Crippen LogP contribution in [0.1, 0.15) is 28.0 Å². The summed E-state index contributed by atoms with van der Waals surface area (Å²) in [5, 5.41) is 13.7. The maximum atomic E-state index is 11.0. The van der Waals surface area contributed by atoms with Crippen molar-refractivity contribution in [1.82, 2.24) is 9.78 Å². The summed E-state index contributed by atoms with van der Waals surface area (Å²) in [6.45, 7) is 2.25. The molecular formula is C14H16ClN3O2. The number of nitrogen functional groups attached to an aromatic ring is 1. The molecule has 0 aliphatic heterocycles. The lowest BCUT2D eigenvalue weighted by Crippen LogP contribution is -2.07. The smallest absolute Gasteiger partial charge is 0.356 e. The third-order valence-electron chi connectivity index (χ3n) is 3.19. The lowest BCUT2D eigenvalue weighted by Gasteiger charge is -2.04. The third kappa shape index (κ3) is 3.11. The fourth-order valence-corrected chi connectivity index (χ4v) is 2.15. The van der Waals surface area contributed by atoms with Crippen LogP contribution in [0.3, 0.4) is 0 Å². The lowest BCUT2D eigenvalue weighted by atomic mass is 10.1. The molecule has 6 heteroatoms. The molecular weight excluding hydrogens is 278 g/mol. The molecule has 0 aliphatic rings. The van der Waals surface area contributed by atoms with Gasteiger partial charge in [-0.25, -0.2) is 9.48 Å². The van der Waals surface area contributed by atoms with Crippen LogP contribution in [0.25, 0.3) is 0 Å². The van der Waals surface area contributed by atoms with E-state index in [0.717, 1.165) is 12.8 Å². The van der Waals surface area contributed by atoms with E-state index < -0.39 is 5.97 Å². The van der Waals surface area contributed by atoms with Gasteiger partial charge < -0.3 is 10.8 Å². The molecule has 1 aromatic carbocycles. The summed E-state index contributed by atoms with van der Waals surface area (Å²) in [6.07, 6.45) is 1.68. The Morgan fingerprint density at radius 2 is 2.05 bits per heavy atom. The van der Waals surface area contributed by atoms with E-state index in [1.54, 1.807) is 11.6 Å². The first-order chi connectivity index (χ1) is 9.49. The number of anilines is 1. The SMILES string of the molecule is Cc1c(C(=O)O)nn(CCCc2ccc(Cl)cc2)c1N. The fourth-order valence-electron chi connectivity index (χ4n) is 2.02. The Labute approximate surface area is 122 Å². The van der Waals surface area contributed by atoms with E-state index >= 15 is 0 Å². The number of hydrogen-bond acceptors (Lipinski definition) is 3. The van der Waals surface area contributed by atoms with Gasteiger partial charge in [-0.2, -0.15) is 5.10 Å². The minimum atomic E-state index is -1.05. The number of hydrogen-bond donors (Lipinski definition) is 2. The maximum absolute atomic E-state index is 11.0. The van der Waals surface area contributed by atoms with Crippen LogP contribution in [0.5, 0.6) is 0 Å². The number of carboxylic acid groups (broad SMARTS) is 1. The van der Waals surface area contributed by atoms with E-state index in [4.69, 9.17) is 22.4 Å². The predicted molar refractivity (Wildman–Crippen MR) is 78.1 cm³/mol.